The molecule has 8 nitrogen and oxygen atoms in total. The molecule has 0 saturated carbocycles. The Hall–Kier alpha value is -3.68. The molecule has 3 aromatic rings. The molecule has 4 heterocycles. The standard InChI is InChI=1S/C26H30N6O2/c33-25-17-23(18-28-32(25)19-21-7-2-1-3-8-21)31-12-6-9-22(20-31)26(34)30-15-13-29(14-16-30)24-10-4-5-11-27-24/h1-5,7-8,10-11,17-18,22H,6,9,12-16,19-20H2/t22-/m1/s1. The van der Waals surface area contributed by atoms with E-state index in [0.29, 0.717) is 26.2 Å². The second kappa shape index (κ2) is 10.1. The van der Waals surface area contributed by atoms with E-state index in [0.717, 1.165) is 49.5 Å². The van der Waals surface area contributed by atoms with Gasteiger partial charge in [-0.15, -0.1) is 0 Å². The Bertz CT molecular complexity index is 1160. The van der Waals surface area contributed by atoms with E-state index in [-0.39, 0.29) is 17.4 Å². The van der Waals surface area contributed by atoms with Crippen molar-refractivity contribution in [2.75, 3.05) is 49.1 Å². The Balaban J connectivity index is 1.20. The monoisotopic (exact) mass is 458 g/mol. The molecule has 0 aliphatic carbocycles. The van der Waals surface area contributed by atoms with Crippen molar-refractivity contribution in [3.8, 4) is 0 Å². The molecule has 1 amide bonds. The minimum atomic E-state index is -0.125. The molecule has 0 spiro atoms. The van der Waals surface area contributed by atoms with Gasteiger partial charge < -0.3 is 14.7 Å². The van der Waals surface area contributed by atoms with Gasteiger partial charge in [-0.1, -0.05) is 36.4 Å². The number of carbonyl (C=O) groups excluding carboxylic acids is 1. The van der Waals surface area contributed by atoms with Crippen molar-refractivity contribution in [1.29, 1.82) is 0 Å². The number of aromatic nitrogens is 3. The van der Waals surface area contributed by atoms with Crippen molar-refractivity contribution in [1.82, 2.24) is 19.7 Å². The fourth-order valence-corrected chi connectivity index (χ4v) is 4.84. The lowest BCUT2D eigenvalue weighted by Gasteiger charge is -2.39. The van der Waals surface area contributed by atoms with Crippen molar-refractivity contribution in [2.24, 2.45) is 5.92 Å². The first-order valence-corrected chi connectivity index (χ1v) is 12.0. The van der Waals surface area contributed by atoms with E-state index >= 15 is 0 Å². The minimum Gasteiger partial charge on any atom is -0.369 e. The van der Waals surface area contributed by atoms with E-state index in [2.05, 4.69) is 19.9 Å². The van der Waals surface area contributed by atoms with Crippen LogP contribution in [-0.4, -0.2) is 64.8 Å². The summed E-state index contributed by atoms with van der Waals surface area (Å²) in [6, 6.07) is 17.4. The number of hydrogen-bond donors (Lipinski definition) is 0. The van der Waals surface area contributed by atoms with Crippen molar-refractivity contribution in [3.63, 3.8) is 0 Å². The number of anilines is 2. The molecule has 2 aliphatic rings. The van der Waals surface area contributed by atoms with Crippen molar-refractivity contribution < 1.29 is 4.79 Å². The van der Waals surface area contributed by atoms with Crippen molar-refractivity contribution in [3.05, 3.63) is 82.9 Å². The predicted octanol–water partition coefficient (Wildman–Crippen LogP) is 2.25. The zero-order valence-corrected chi connectivity index (χ0v) is 19.3. The zero-order chi connectivity index (χ0) is 23.3. The molecular formula is C26H30N6O2. The van der Waals surface area contributed by atoms with E-state index in [1.54, 1.807) is 18.5 Å². The smallest absolute Gasteiger partial charge is 0.269 e. The maximum absolute atomic E-state index is 13.3. The summed E-state index contributed by atoms with van der Waals surface area (Å²) in [5.41, 5.74) is 1.71. The van der Waals surface area contributed by atoms with Gasteiger partial charge in [-0.3, -0.25) is 9.59 Å². The second-order valence-electron chi connectivity index (χ2n) is 8.98. The normalized spacial score (nSPS) is 18.7. The quantitative estimate of drug-likeness (QED) is 0.584. The molecule has 2 saturated heterocycles. The summed E-state index contributed by atoms with van der Waals surface area (Å²) in [7, 11) is 0. The molecule has 0 bridgehead atoms. The highest BCUT2D eigenvalue weighted by atomic mass is 16.2. The molecule has 2 aliphatic heterocycles. The Morgan fingerprint density at radius 3 is 2.47 bits per heavy atom. The Morgan fingerprint density at radius 2 is 1.74 bits per heavy atom. The molecule has 0 unspecified atom stereocenters. The van der Waals surface area contributed by atoms with Crippen LogP contribution in [0, 0.1) is 5.92 Å². The second-order valence-corrected chi connectivity index (χ2v) is 8.98. The molecule has 2 fully saturated rings. The Morgan fingerprint density at radius 1 is 0.941 bits per heavy atom. The number of piperazine rings is 1. The van der Waals surface area contributed by atoms with Crippen molar-refractivity contribution >= 4 is 17.4 Å². The third-order valence-electron chi connectivity index (χ3n) is 6.73. The average molecular weight is 459 g/mol. The van der Waals surface area contributed by atoms with Gasteiger partial charge in [0, 0.05) is 51.5 Å². The largest absolute Gasteiger partial charge is 0.369 e. The summed E-state index contributed by atoms with van der Waals surface area (Å²) in [6.07, 6.45) is 5.37. The molecule has 34 heavy (non-hydrogen) atoms. The lowest BCUT2D eigenvalue weighted by molar-refractivity contribution is -0.136. The number of pyridine rings is 1. The van der Waals surface area contributed by atoms with Crippen LogP contribution in [0.15, 0.2) is 71.8 Å². The summed E-state index contributed by atoms with van der Waals surface area (Å²) in [4.78, 5) is 36.7. The van der Waals surface area contributed by atoms with Crippen molar-refractivity contribution in [2.45, 2.75) is 19.4 Å². The van der Waals surface area contributed by atoms with Crippen LogP contribution < -0.4 is 15.4 Å². The highest BCUT2D eigenvalue weighted by Crippen LogP contribution is 2.24. The van der Waals surface area contributed by atoms with E-state index in [4.69, 9.17) is 0 Å². The fourth-order valence-electron chi connectivity index (χ4n) is 4.84. The van der Waals surface area contributed by atoms with Crippen LogP contribution in [-0.2, 0) is 11.3 Å². The van der Waals surface area contributed by atoms with Crippen LogP contribution in [0.5, 0.6) is 0 Å². The first-order chi connectivity index (χ1) is 16.7. The zero-order valence-electron chi connectivity index (χ0n) is 19.3. The average Bonchev–Trinajstić information content (AvgIpc) is 2.91. The lowest BCUT2D eigenvalue weighted by atomic mass is 9.96. The van der Waals surface area contributed by atoms with Gasteiger partial charge in [0.2, 0.25) is 5.91 Å². The first-order valence-electron chi connectivity index (χ1n) is 12.0. The predicted molar refractivity (Wildman–Crippen MR) is 132 cm³/mol. The van der Waals surface area contributed by atoms with Crippen LogP contribution in [0.1, 0.15) is 18.4 Å². The van der Waals surface area contributed by atoms with Crippen LogP contribution in [0.25, 0.3) is 0 Å². The molecule has 0 N–H and O–H groups in total. The summed E-state index contributed by atoms with van der Waals surface area (Å²) in [6.45, 7) is 4.92. The summed E-state index contributed by atoms with van der Waals surface area (Å²) >= 11 is 0. The summed E-state index contributed by atoms with van der Waals surface area (Å²) in [5.74, 6) is 1.13. The van der Waals surface area contributed by atoms with Crippen LogP contribution in [0.4, 0.5) is 11.5 Å². The van der Waals surface area contributed by atoms with E-state index in [1.165, 1.54) is 4.68 Å². The number of rotatable bonds is 5. The number of carbonyl (C=O) groups is 1. The van der Waals surface area contributed by atoms with Gasteiger partial charge >= 0.3 is 0 Å². The molecule has 1 aromatic carbocycles. The van der Waals surface area contributed by atoms with E-state index in [9.17, 15) is 9.59 Å². The number of nitrogens with zero attached hydrogens (tertiary/aromatic N) is 6. The van der Waals surface area contributed by atoms with Gasteiger partial charge in [0.25, 0.3) is 5.56 Å². The van der Waals surface area contributed by atoms with Gasteiger partial charge in [-0.05, 0) is 30.5 Å². The van der Waals surface area contributed by atoms with E-state index in [1.807, 2.05) is 53.4 Å². The molecular weight excluding hydrogens is 428 g/mol. The molecule has 2 aromatic heterocycles. The molecule has 0 radical (unpaired) electrons. The van der Waals surface area contributed by atoms with E-state index < -0.39 is 0 Å². The third kappa shape index (κ3) is 4.95. The highest BCUT2D eigenvalue weighted by Gasteiger charge is 2.31. The van der Waals surface area contributed by atoms with Gasteiger partial charge in [0.05, 0.1) is 24.3 Å². The summed E-state index contributed by atoms with van der Waals surface area (Å²) < 4.78 is 1.48. The highest BCUT2D eigenvalue weighted by molar-refractivity contribution is 5.80. The fraction of sp³-hybridized carbons (Fsp3) is 0.385. The topological polar surface area (TPSA) is 74.6 Å². The molecule has 176 valence electrons. The minimum absolute atomic E-state index is 0.0538. The van der Waals surface area contributed by atoms with Gasteiger partial charge in [-0.2, -0.15) is 5.10 Å². The first kappa shape index (κ1) is 22.1. The third-order valence-corrected chi connectivity index (χ3v) is 6.73. The Labute approximate surface area is 199 Å². The van der Waals surface area contributed by atoms with Crippen LogP contribution in [0.3, 0.4) is 0 Å². The van der Waals surface area contributed by atoms with Crippen LogP contribution in [0.2, 0.25) is 0 Å². The van der Waals surface area contributed by atoms with Crippen LogP contribution >= 0.6 is 0 Å². The number of benzene rings is 1. The number of amides is 1. The summed E-state index contributed by atoms with van der Waals surface area (Å²) in [5, 5.41) is 4.40. The number of hydrogen-bond acceptors (Lipinski definition) is 6. The maximum atomic E-state index is 13.3. The van der Waals surface area contributed by atoms with Gasteiger partial charge in [0.1, 0.15) is 5.82 Å². The lowest BCUT2D eigenvalue weighted by Crippen LogP contribution is -2.52. The molecule has 8 heteroatoms. The SMILES string of the molecule is O=C([C@@H]1CCCN(c2cnn(Cc3ccccc3)c(=O)c2)C1)N1CCN(c2ccccn2)CC1. The van der Waals surface area contributed by atoms with Gasteiger partial charge in [0.15, 0.2) is 0 Å². The maximum Gasteiger partial charge on any atom is 0.269 e. The Kier molecular flexibility index (Phi) is 6.56. The number of piperidine rings is 1. The van der Waals surface area contributed by atoms with Gasteiger partial charge in [-0.25, -0.2) is 9.67 Å². The molecule has 1 atom stereocenters. The molecule has 5 rings (SSSR count).